The maximum absolute atomic E-state index is 11.5. The van der Waals surface area contributed by atoms with Gasteiger partial charge in [0.05, 0.1) is 7.11 Å². The summed E-state index contributed by atoms with van der Waals surface area (Å²) in [5, 5.41) is 0. The zero-order chi connectivity index (χ0) is 20.6. The second-order valence-electron chi connectivity index (χ2n) is 9.91. The van der Waals surface area contributed by atoms with Gasteiger partial charge in [0.1, 0.15) is 12.0 Å². The smallest absolute Gasteiger partial charge is 0.150 e. The molecule has 0 aromatic heterocycles. The molecule has 4 fully saturated rings. The number of hydrogen-bond donors (Lipinski definition) is 0. The van der Waals surface area contributed by atoms with Crippen molar-refractivity contribution in [3.05, 3.63) is 71.3 Å². The van der Waals surface area contributed by atoms with Crippen molar-refractivity contribution in [3.63, 3.8) is 0 Å². The Morgan fingerprint density at radius 3 is 2.27 bits per heavy atom. The lowest BCUT2D eigenvalue weighted by Gasteiger charge is -2.57. The van der Waals surface area contributed by atoms with Crippen LogP contribution in [0, 0.1) is 17.8 Å². The Morgan fingerprint density at radius 1 is 1.00 bits per heavy atom. The van der Waals surface area contributed by atoms with Crippen molar-refractivity contribution in [2.24, 2.45) is 17.8 Å². The Kier molecular flexibility index (Phi) is 5.26. The van der Waals surface area contributed by atoms with Gasteiger partial charge in [-0.05, 0) is 91.7 Å². The van der Waals surface area contributed by atoms with Gasteiger partial charge in [0.15, 0.2) is 0 Å². The van der Waals surface area contributed by atoms with Crippen molar-refractivity contribution in [2.45, 2.75) is 56.8 Å². The molecule has 2 heteroatoms. The minimum atomic E-state index is 0.358. The average Bonchev–Trinajstić information content (AvgIpc) is 2.76. The van der Waals surface area contributed by atoms with E-state index < -0.39 is 0 Å². The minimum absolute atomic E-state index is 0.358. The van der Waals surface area contributed by atoms with Crippen LogP contribution in [0.5, 0.6) is 5.75 Å². The van der Waals surface area contributed by atoms with Crippen molar-refractivity contribution < 1.29 is 9.53 Å². The SMILES string of the molecule is COc1cc(CCC=C(C=O)c2ccccc2)ccc1C12CC3CC(CC(C3)C1)C2. The fraction of sp³-hybridized carbons (Fsp3) is 0.464. The van der Waals surface area contributed by atoms with E-state index in [1.807, 2.05) is 37.4 Å². The molecule has 30 heavy (non-hydrogen) atoms. The third-order valence-electron chi connectivity index (χ3n) is 7.91. The van der Waals surface area contributed by atoms with E-state index in [0.717, 1.165) is 53.8 Å². The first-order chi connectivity index (χ1) is 14.7. The number of benzene rings is 2. The van der Waals surface area contributed by atoms with E-state index in [1.165, 1.54) is 49.7 Å². The molecule has 4 aliphatic carbocycles. The molecule has 0 unspecified atom stereocenters. The average molecular weight is 401 g/mol. The summed E-state index contributed by atoms with van der Waals surface area (Å²) in [6.07, 6.45) is 13.3. The second kappa shape index (κ2) is 8.06. The molecule has 2 aromatic carbocycles. The van der Waals surface area contributed by atoms with E-state index in [1.54, 1.807) is 0 Å². The molecule has 0 radical (unpaired) electrons. The van der Waals surface area contributed by atoms with Gasteiger partial charge in [-0.3, -0.25) is 4.79 Å². The Balaban J connectivity index is 1.34. The molecule has 4 saturated carbocycles. The molecule has 4 bridgehead atoms. The summed E-state index contributed by atoms with van der Waals surface area (Å²) in [5.41, 5.74) is 4.86. The molecule has 4 aliphatic rings. The molecule has 0 saturated heterocycles. The maximum Gasteiger partial charge on any atom is 0.150 e. The maximum atomic E-state index is 11.5. The number of hydrogen-bond acceptors (Lipinski definition) is 2. The summed E-state index contributed by atoms with van der Waals surface area (Å²) in [7, 11) is 1.82. The van der Waals surface area contributed by atoms with E-state index in [2.05, 4.69) is 24.3 Å². The Morgan fingerprint density at radius 2 is 1.67 bits per heavy atom. The summed E-state index contributed by atoms with van der Waals surface area (Å²) in [5.74, 6) is 3.89. The lowest BCUT2D eigenvalue weighted by molar-refractivity contribution is -0.103. The molecule has 0 spiro atoms. The normalized spacial score (nSPS) is 29.8. The van der Waals surface area contributed by atoms with Crippen LogP contribution in [0.2, 0.25) is 0 Å². The quantitative estimate of drug-likeness (QED) is 0.398. The third kappa shape index (κ3) is 3.62. The van der Waals surface area contributed by atoms with Crippen molar-refractivity contribution in [1.29, 1.82) is 0 Å². The summed E-state index contributed by atoms with van der Waals surface area (Å²) in [4.78, 5) is 11.5. The van der Waals surface area contributed by atoms with Crippen LogP contribution in [-0.4, -0.2) is 13.4 Å². The molecule has 0 N–H and O–H groups in total. The summed E-state index contributed by atoms with van der Waals surface area (Å²) in [6, 6.07) is 16.8. The molecule has 0 amide bonds. The van der Waals surface area contributed by atoms with Crippen molar-refractivity contribution in [3.8, 4) is 5.75 Å². The molecule has 2 nitrogen and oxygen atoms in total. The van der Waals surface area contributed by atoms with Crippen LogP contribution < -0.4 is 4.74 Å². The molecular weight excluding hydrogens is 368 g/mol. The zero-order valence-corrected chi connectivity index (χ0v) is 18.0. The van der Waals surface area contributed by atoms with E-state index in [4.69, 9.17) is 4.74 Å². The third-order valence-corrected chi connectivity index (χ3v) is 7.91. The van der Waals surface area contributed by atoms with Gasteiger partial charge < -0.3 is 4.74 Å². The highest BCUT2D eigenvalue weighted by atomic mass is 16.5. The lowest BCUT2D eigenvalue weighted by atomic mass is 9.48. The van der Waals surface area contributed by atoms with E-state index >= 15 is 0 Å². The number of allylic oxidation sites excluding steroid dienone is 2. The van der Waals surface area contributed by atoms with Gasteiger partial charge in [-0.2, -0.15) is 0 Å². The van der Waals surface area contributed by atoms with Crippen LogP contribution in [0.1, 0.15) is 61.6 Å². The van der Waals surface area contributed by atoms with E-state index in [9.17, 15) is 4.79 Å². The second-order valence-corrected chi connectivity index (χ2v) is 9.91. The van der Waals surface area contributed by atoms with E-state index in [-0.39, 0.29) is 0 Å². The van der Waals surface area contributed by atoms with Crippen LogP contribution in [0.25, 0.3) is 5.57 Å². The van der Waals surface area contributed by atoms with Crippen molar-refractivity contribution in [2.75, 3.05) is 7.11 Å². The monoisotopic (exact) mass is 400 g/mol. The summed E-state index contributed by atoms with van der Waals surface area (Å²) >= 11 is 0. The first-order valence-corrected chi connectivity index (χ1v) is 11.6. The largest absolute Gasteiger partial charge is 0.496 e. The Bertz CT molecular complexity index is 905. The van der Waals surface area contributed by atoms with Gasteiger partial charge in [-0.25, -0.2) is 0 Å². The number of rotatable bonds is 7. The molecule has 156 valence electrons. The molecule has 0 atom stereocenters. The minimum Gasteiger partial charge on any atom is -0.496 e. The zero-order valence-electron chi connectivity index (χ0n) is 18.0. The van der Waals surface area contributed by atoms with Crippen LogP contribution in [0.3, 0.4) is 0 Å². The van der Waals surface area contributed by atoms with Crippen LogP contribution in [0.4, 0.5) is 0 Å². The van der Waals surface area contributed by atoms with Gasteiger partial charge in [0, 0.05) is 11.1 Å². The number of carbonyl (C=O) groups excluding carboxylic acids is 1. The molecule has 2 aromatic rings. The number of methoxy groups -OCH3 is 1. The Hall–Kier alpha value is -2.35. The van der Waals surface area contributed by atoms with Crippen LogP contribution >= 0.6 is 0 Å². The van der Waals surface area contributed by atoms with Gasteiger partial charge in [-0.15, -0.1) is 0 Å². The number of ether oxygens (including phenoxy) is 1. The summed E-state index contributed by atoms with van der Waals surface area (Å²) < 4.78 is 5.92. The molecule has 0 aliphatic heterocycles. The standard InChI is InChI=1S/C28H32O2/c1-30-27-15-20(6-5-9-25(19-29)24-7-3-2-4-8-24)10-11-26(27)28-16-21-12-22(17-28)14-23(13-21)18-28/h2-4,7-11,15,19,21-23H,5-6,12-14,16-18H2,1H3. The highest BCUT2D eigenvalue weighted by Crippen LogP contribution is 2.61. The first kappa shape index (κ1) is 19.6. The molecule has 6 rings (SSSR count). The highest BCUT2D eigenvalue weighted by Gasteiger charge is 2.52. The molecule has 0 heterocycles. The molecular formula is C28H32O2. The fourth-order valence-corrected chi connectivity index (χ4v) is 7.03. The van der Waals surface area contributed by atoms with E-state index in [0.29, 0.717) is 5.41 Å². The number of aryl methyl sites for hydroxylation is 1. The number of aldehydes is 1. The number of carbonyl (C=O) groups is 1. The van der Waals surface area contributed by atoms with Crippen molar-refractivity contribution in [1.82, 2.24) is 0 Å². The van der Waals surface area contributed by atoms with Gasteiger partial charge in [-0.1, -0.05) is 48.5 Å². The summed E-state index contributed by atoms with van der Waals surface area (Å²) in [6.45, 7) is 0. The van der Waals surface area contributed by atoms with Crippen LogP contribution in [0.15, 0.2) is 54.6 Å². The predicted octanol–water partition coefficient (Wildman–Crippen LogP) is 6.38. The van der Waals surface area contributed by atoms with Crippen LogP contribution in [-0.2, 0) is 16.6 Å². The fourth-order valence-electron chi connectivity index (χ4n) is 7.03. The highest BCUT2D eigenvalue weighted by molar-refractivity contribution is 6.06. The van der Waals surface area contributed by atoms with Crippen molar-refractivity contribution >= 4 is 11.9 Å². The topological polar surface area (TPSA) is 26.3 Å². The van der Waals surface area contributed by atoms with Gasteiger partial charge in [0.2, 0.25) is 0 Å². The lowest BCUT2D eigenvalue weighted by Crippen LogP contribution is -2.48. The van der Waals surface area contributed by atoms with Gasteiger partial charge >= 0.3 is 0 Å². The first-order valence-electron chi connectivity index (χ1n) is 11.6. The Labute approximate surface area is 180 Å². The predicted molar refractivity (Wildman–Crippen MR) is 122 cm³/mol. The van der Waals surface area contributed by atoms with Gasteiger partial charge in [0.25, 0.3) is 0 Å².